The Labute approximate surface area is 153 Å². The van der Waals surface area contributed by atoms with E-state index in [1.54, 1.807) is 25.9 Å². The van der Waals surface area contributed by atoms with Crippen molar-refractivity contribution < 1.29 is 9.47 Å². The number of hydrogen-bond donors (Lipinski definition) is 2. The van der Waals surface area contributed by atoms with Crippen LogP contribution < -0.4 is 20.1 Å². The molecule has 0 fully saturated rings. The molecule has 8 nitrogen and oxygen atoms in total. The second kappa shape index (κ2) is 9.45. The summed E-state index contributed by atoms with van der Waals surface area (Å²) in [5, 5.41) is 10.6. The zero-order valence-electron chi connectivity index (χ0n) is 15.7. The molecule has 8 heteroatoms. The molecular formula is C18H26N6O2. The first-order chi connectivity index (χ1) is 12.6. The van der Waals surface area contributed by atoms with Gasteiger partial charge in [-0.1, -0.05) is 6.08 Å². The molecule has 0 aliphatic rings. The van der Waals surface area contributed by atoms with Crippen LogP contribution in [0.2, 0.25) is 0 Å². The van der Waals surface area contributed by atoms with Gasteiger partial charge in [-0.3, -0.25) is 9.67 Å². The Morgan fingerprint density at radius 1 is 1.27 bits per heavy atom. The van der Waals surface area contributed by atoms with E-state index in [4.69, 9.17) is 9.47 Å². The van der Waals surface area contributed by atoms with Gasteiger partial charge in [-0.25, -0.2) is 4.98 Å². The topological polar surface area (TPSA) is 85.6 Å². The molecule has 0 unspecified atom stereocenters. The third kappa shape index (κ3) is 4.75. The maximum absolute atomic E-state index is 5.47. The van der Waals surface area contributed by atoms with Gasteiger partial charge in [0.2, 0.25) is 0 Å². The Morgan fingerprint density at radius 2 is 2.04 bits per heavy atom. The van der Waals surface area contributed by atoms with Gasteiger partial charge in [0.1, 0.15) is 12.2 Å². The maximum atomic E-state index is 5.47. The molecule has 2 N–H and O–H groups in total. The van der Waals surface area contributed by atoms with Gasteiger partial charge in [-0.05, 0) is 24.1 Å². The zero-order valence-corrected chi connectivity index (χ0v) is 15.7. The zero-order chi connectivity index (χ0) is 18.9. The van der Waals surface area contributed by atoms with Crippen LogP contribution in [-0.2, 0) is 26.6 Å². The van der Waals surface area contributed by atoms with Crippen LogP contribution in [-0.4, -0.2) is 42.0 Å². The van der Waals surface area contributed by atoms with Crippen molar-refractivity contribution >= 4 is 5.96 Å². The van der Waals surface area contributed by atoms with Crippen molar-refractivity contribution in [3.63, 3.8) is 0 Å². The number of ether oxygens (including phenoxy) is 2. The van der Waals surface area contributed by atoms with Crippen LogP contribution in [0.25, 0.3) is 0 Å². The van der Waals surface area contributed by atoms with Crippen molar-refractivity contribution in [2.45, 2.75) is 19.5 Å². The molecule has 2 rings (SSSR count). The first kappa shape index (κ1) is 19.3. The molecule has 0 aliphatic heterocycles. The highest BCUT2D eigenvalue weighted by molar-refractivity contribution is 5.79. The molecule has 0 saturated heterocycles. The Bertz CT molecular complexity index is 769. The number of nitrogens with zero attached hydrogens (tertiary/aromatic N) is 4. The third-order valence-corrected chi connectivity index (χ3v) is 3.88. The number of hydrogen-bond acceptors (Lipinski definition) is 5. The fourth-order valence-electron chi connectivity index (χ4n) is 2.57. The molecule has 0 atom stereocenters. The van der Waals surface area contributed by atoms with Crippen LogP contribution in [0.15, 0.2) is 36.1 Å². The largest absolute Gasteiger partial charge is 0.493 e. The summed E-state index contributed by atoms with van der Waals surface area (Å²) in [5.74, 6) is 2.94. The van der Waals surface area contributed by atoms with Gasteiger partial charge >= 0.3 is 0 Å². The number of rotatable bonds is 8. The average molecular weight is 358 g/mol. The minimum atomic E-state index is 0.532. The fraction of sp³-hybridized carbons (Fsp3) is 0.389. The maximum Gasteiger partial charge on any atom is 0.191 e. The van der Waals surface area contributed by atoms with Gasteiger partial charge in [0.15, 0.2) is 17.5 Å². The summed E-state index contributed by atoms with van der Waals surface area (Å²) in [4.78, 5) is 8.41. The molecule has 0 aliphatic carbocycles. The highest BCUT2D eigenvalue weighted by atomic mass is 16.5. The second-order valence-electron chi connectivity index (χ2n) is 5.56. The minimum Gasteiger partial charge on any atom is -0.493 e. The van der Waals surface area contributed by atoms with Crippen LogP contribution in [0.5, 0.6) is 11.5 Å². The van der Waals surface area contributed by atoms with E-state index in [0.717, 1.165) is 22.7 Å². The average Bonchev–Trinajstić information content (AvgIpc) is 3.06. The quantitative estimate of drug-likeness (QED) is 0.422. The number of benzene rings is 1. The lowest BCUT2D eigenvalue weighted by atomic mass is 10.1. The van der Waals surface area contributed by atoms with E-state index < -0.39 is 0 Å². The predicted octanol–water partition coefficient (Wildman–Crippen LogP) is 1.43. The molecule has 1 heterocycles. The van der Waals surface area contributed by atoms with Gasteiger partial charge in [0, 0.05) is 26.2 Å². The van der Waals surface area contributed by atoms with Crippen molar-refractivity contribution in [1.29, 1.82) is 0 Å². The molecule has 0 saturated carbocycles. The van der Waals surface area contributed by atoms with Gasteiger partial charge in [-0.2, -0.15) is 5.10 Å². The van der Waals surface area contributed by atoms with Crippen molar-refractivity contribution in [2.75, 3.05) is 21.3 Å². The summed E-state index contributed by atoms with van der Waals surface area (Å²) < 4.78 is 12.6. The first-order valence-corrected chi connectivity index (χ1v) is 8.25. The molecular weight excluding hydrogens is 332 g/mol. The minimum absolute atomic E-state index is 0.532. The summed E-state index contributed by atoms with van der Waals surface area (Å²) in [6.07, 6.45) is 4.07. The number of aromatic nitrogens is 3. The fourth-order valence-corrected chi connectivity index (χ4v) is 2.57. The van der Waals surface area contributed by atoms with Crippen molar-refractivity contribution in [2.24, 2.45) is 12.0 Å². The molecule has 0 radical (unpaired) electrons. The summed E-state index contributed by atoms with van der Waals surface area (Å²) in [5.41, 5.74) is 2.08. The molecule has 1 aromatic carbocycles. The molecule has 0 amide bonds. The molecule has 2 aromatic rings. The first-order valence-electron chi connectivity index (χ1n) is 8.25. The SMILES string of the molecule is C=CCc1cc(CNC(=NC)NCc2ncnn2C)cc(OC)c1OC. The number of aliphatic imine (C=N–C) groups is 1. The lowest BCUT2D eigenvalue weighted by molar-refractivity contribution is 0.352. The monoisotopic (exact) mass is 358 g/mol. The molecule has 0 spiro atoms. The third-order valence-electron chi connectivity index (χ3n) is 3.88. The van der Waals surface area contributed by atoms with E-state index in [-0.39, 0.29) is 0 Å². The lowest BCUT2D eigenvalue weighted by Crippen LogP contribution is -2.37. The molecule has 0 bridgehead atoms. The Morgan fingerprint density at radius 3 is 2.62 bits per heavy atom. The van der Waals surface area contributed by atoms with E-state index >= 15 is 0 Å². The van der Waals surface area contributed by atoms with E-state index in [1.807, 2.05) is 19.2 Å². The van der Waals surface area contributed by atoms with Crippen molar-refractivity contribution in [3.8, 4) is 11.5 Å². The summed E-state index contributed by atoms with van der Waals surface area (Å²) in [6, 6.07) is 4.03. The number of nitrogens with one attached hydrogen (secondary N) is 2. The van der Waals surface area contributed by atoms with Gasteiger partial charge in [0.05, 0.1) is 20.8 Å². The smallest absolute Gasteiger partial charge is 0.191 e. The molecule has 140 valence electrons. The van der Waals surface area contributed by atoms with Crippen LogP contribution in [0.1, 0.15) is 17.0 Å². The Kier molecular flexibility index (Phi) is 7.02. The van der Waals surface area contributed by atoms with E-state index in [9.17, 15) is 0 Å². The Hall–Kier alpha value is -3.03. The van der Waals surface area contributed by atoms with Crippen LogP contribution in [0, 0.1) is 0 Å². The number of methoxy groups -OCH3 is 2. The highest BCUT2D eigenvalue weighted by Gasteiger charge is 2.12. The van der Waals surface area contributed by atoms with Crippen LogP contribution in [0.3, 0.4) is 0 Å². The van der Waals surface area contributed by atoms with E-state index in [0.29, 0.717) is 31.2 Å². The lowest BCUT2D eigenvalue weighted by Gasteiger charge is -2.16. The van der Waals surface area contributed by atoms with Crippen molar-refractivity contribution in [3.05, 3.63) is 48.1 Å². The molecule has 1 aromatic heterocycles. The number of allylic oxidation sites excluding steroid dienone is 1. The van der Waals surface area contributed by atoms with Gasteiger partial charge < -0.3 is 20.1 Å². The van der Waals surface area contributed by atoms with E-state index in [1.165, 1.54) is 6.33 Å². The molecule has 26 heavy (non-hydrogen) atoms. The van der Waals surface area contributed by atoms with Crippen molar-refractivity contribution in [1.82, 2.24) is 25.4 Å². The highest BCUT2D eigenvalue weighted by Crippen LogP contribution is 2.33. The van der Waals surface area contributed by atoms with Crippen LogP contribution in [0.4, 0.5) is 0 Å². The second-order valence-corrected chi connectivity index (χ2v) is 5.56. The van der Waals surface area contributed by atoms with Crippen LogP contribution >= 0.6 is 0 Å². The Balaban J connectivity index is 2.05. The van der Waals surface area contributed by atoms with Gasteiger partial charge in [-0.15, -0.1) is 6.58 Å². The number of guanidine groups is 1. The van der Waals surface area contributed by atoms with E-state index in [2.05, 4.69) is 38.4 Å². The normalized spacial score (nSPS) is 11.2. The standard InChI is InChI=1S/C18H26N6O2/c1-6-7-14-8-13(9-15(25-4)17(14)26-5)10-20-18(19-2)21-11-16-22-12-23-24(16)3/h6,8-9,12H,1,7,10-11H2,2-5H3,(H2,19,20,21). The summed E-state index contributed by atoms with van der Waals surface area (Å²) in [6.45, 7) is 4.92. The van der Waals surface area contributed by atoms with Gasteiger partial charge in [0.25, 0.3) is 0 Å². The summed E-state index contributed by atoms with van der Waals surface area (Å²) >= 11 is 0. The predicted molar refractivity (Wildman–Crippen MR) is 101 cm³/mol. The summed E-state index contributed by atoms with van der Waals surface area (Å²) in [7, 11) is 6.85. The number of aryl methyl sites for hydroxylation is 1.